The summed E-state index contributed by atoms with van der Waals surface area (Å²) in [5.41, 5.74) is 0. The topological polar surface area (TPSA) is 40.6 Å². The Morgan fingerprint density at radius 2 is 1.53 bits per heavy atom. The molecule has 0 aromatic rings. The van der Waals surface area contributed by atoms with Crippen molar-refractivity contribution >= 4 is 10.0 Å². The van der Waals surface area contributed by atoms with Crippen molar-refractivity contribution in [2.24, 2.45) is 0 Å². The van der Waals surface area contributed by atoms with Crippen LogP contribution in [0.2, 0.25) is 0 Å². The monoisotopic (exact) mass is 232 g/mol. The fourth-order valence-electron chi connectivity index (χ4n) is 2.12. The van der Waals surface area contributed by atoms with Crippen molar-refractivity contribution in [2.75, 3.05) is 38.5 Å². The summed E-state index contributed by atoms with van der Waals surface area (Å²) < 4.78 is 25.5. The Morgan fingerprint density at radius 3 is 2.07 bits per heavy atom. The summed E-state index contributed by atoms with van der Waals surface area (Å²) in [6.45, 7) is 4.36. The van der Waals surface area contributed by atoms with Gasteiger partial charge in [-0.15, -0.1) is 0 Å². The minimum atomic E-state index is -2.96. The summed E-state index contributed by atoms with van der Waals surface area (Å²) >= 11 is 0. The maximum atomic E-state index is 11.9. The van der Waals surface area contributed by atoms with Crippen LogP contribution in [0.15, 0.2) is 0 Å². The molecule has 0 spiro atoms. The van der Waals surface area contributed by atoms with Gasteiger partial charge in [0.1, 0.15) is 0 Å². The molecule has 15 heavy (non-hydrogen) atoms. The van der Waals surface area contributed by atoms with Crippen molar-refractivity contribution in [2.45, 2.75) is 25.7 Å². The van der Waals surface area contributed by atoms with E-state index in [-0.39, 0.29) is 0 Å². The molecule has 0 aromatic heterocycles. The largest absolute Gasteiger partial charge is 0.302 e. The highest BCUT2D eigenvalue weighted by Gasteiger charge is 2.25. The third-order valence-corrected chi connectivity index (χ3v) is 5.17. The number of sulfonamides is 1. The van der Waals surface area contributed by atoms with Gasteiger partial charge in [-0.05, 0) is 32.4 Å². The smallest absolute Gasteiger partial charge is 0.215 e. The van der Waals surface area contributed by atoms with Crippen molar-refractivity contribution in [3.05, 3.63) is 0 Å². The van der Waals surface area contributed by atoms with Crippen LogP contribution in [-0.2, 0) is 10.0 Å². The highest BCUT2D eigenvalue weighted by molar-refractivity contribution is 7.89. The van der Waals surface area contributed by atoms with Crippen molar-refractivity contribution in [3.63, 3.8) is 0 Å². The van der Waals surface area contributed by atoms with Crippen molar-refractivity contribution < 1.29 is 8.42 Å². The van der Waals surface area contributed by atoms with Crippen LogP contribution in [-0.4, -0.2) is 56.1 Å². The highest BCUT2D eigenvalue weighted by Crippen LogP contribution is 2.14. The number of hydrogen-bond acceptors (Lipinski definition) is 3. The Bertz CT molecular complexity index is 293. The van der Waals surface area contributed by atoms with Crippen molar-refractivity contribution in [1.82, 2.24) is 9.21 Å². The van der Waals surface area contributed by atoms with E-state index in [0.717, 1.165) is 45.6 Å². The van der Waals surface area contributed by atoms with Crippen molar-refractivity contribution in [1.29, 1.82) is 0 Å². The zero-order valence-corrected chi connectivity index (χ0v) is 10.0. The molecule has 0 atom stereocenters. The van der Waals surface area contributed by atoms with Crippen LogP contribution in [0, 0.1) is 0 Å². The predicted molar refractivity (Wildman–Crippen MR) is 60.3 cm³/mol. The minimum Gasteiger partial charge on any atom is -0.302 e. The van der Waals surface area contributed by atoms with Gasteiger partial charge < -0.3 is 4.90 Å². The van der Waals surface area contributed by atoms with Gasteiger partial charge in [0, 0.05) is 19.6 Å². The predicted octanol–water partition coefficient (Wildman–Crippen LogP) is 0.508. The van der Waals surface area contributed by atoms with Crippen LogP contribution >= 0.6 is 0 Å². The Hall–Kier alpha value is -0.130. The van der Waals surface area contributed by atoms with Gasteiger partial charge in [-0.25, -0.2) is 12.7 Å². The van der Waals surface area contributed by atoms with E-state index in [4.69, 9.17) is 0 Å². The number of rotatable bonds is 4. The van der Waals surface area contributed by atoms with E-state index in [1.165, 1.54) is 12.8 Å². The van der Waals surface area contributed by atoms with E-state index in [1.807, 2.05) is 0 Å². The van der Waals surface area contributed by atoms with Crippen LogP contribution in [0.1, 0.15) is 25.7 Å². The summed E-state index contributed by atoms with van der Waals surface area (Å²) in [5.74, 6) is 0.312. The first-order valence-corrected chi connectivity index (χ1v) is 7.49. The first-order valence-electron chi connectivity index (χ1n) is 5.89. The Morgan fingerprint density at radius 1 is 0.867 bits per heavy atom. The molecule has 0 unspecified atom stereocenters. The number of likely N-dealkylation sites (tertiary alicyclic amines) is 1. The second-order valence-corrected chi connectivity index (χ2v) is 6.56. The maximum Gasteiger partial charge on any atom is 0.215 e. The Labute approximate surface area is 92.3 Å². The van der Waals surface area contributed by atoms with E-state index in [9.17, 15) is 8.42 Å². The van der Waals surface area contributed by atoms with E-state index in [2.05, 4.69) is 4.90 Å². The number of nitrogens with zero attached hydrogens (tertiary/aromatic N) is 2. The molecule has 5 heteroatoms. The average molecular weight is 232 g/mol. The van der Waals surface area contributed by atoms with Gasteiger partial charge in [-0.2, -0.15) is 0 Å². The molecule has 4 nitrogen and oxygen atoms in total. The molecule has 2 saturated heterocycles. The Kier molecular flexibility index (Phi) is 3.64. The number of piperidine rings is 1. The minimum absolute atomic E-state index is 0.312. The van der Waals surface area contributed by atoms with Gasteiger partial charge in [0.15, 0.2) is 0 Å². The third-order valence-electron chi connectivity index (χ3n) is 3.32. The summed E-state index contributed by atoms with van der Waals surface area (Å²) in [5, 5.41) is 0. The second-order valence-electron chi connectivity index (χ2n) is 4.47. The fraction of sp³-hybridized carbons (Fsp3) is 1.00. The van der Waals surface area contributed by atoms with Gasteiger partial charge in [0.25, 0.3) is 0 Å². The lowest BCUT2D eigenvalue weighted by Gasteiger charge is -2.32. The first kappa shape index (κ1) is 11.4. The lowest BCUT2D eigenvalue weighted by atomic mass is 10.2. The van der Waals surface area contributed by atoms with Gasteiger partial charge >= 0.3 is 0 Å². The zero-order valence-electron chi connectivity index (χ0n) is 9.19. The maximum absolute atomic E-state index is 11.9. The molecular weight excluding hydrogens is 212 g/mol. The van der Waals surface area contributed by atoms with Crippen LogP contribution in [0.3, 0.4) is 0 Å². The lowest BCUT2D eigenvalue weighted by molar-refractivity contribution is 0.192. The molecule has 2 aliphatic heterocycles. The molecule has 0 N–H and O–H groups in total. The van der Waals surface area contributed by atoms with Gasteiger partial charge in [-0.1, -0.05) is 6.42 Å². The molecule has 2 aliphatic rings. The van der Waals surface area contributed by atoms with E-state index >= 15 is 0 Å². The van der Waals surface area contributed by atoms with Gasteiger partial charge in [0.05, 0.1) is 5.75 Å². The summed E-state index contributed by atoms with van der Waals surface area (Å²) in [7, 11) is -2.96. The van der Waals surface area contributed by atoms with Crippen LogP contribution in [0.5, 0.6) is 0 Å². The first-order chi connectivity index (χ1) is 7.18. The summed E-state index contributed by atoms with van der Waals surface area (Å²) in [4.78, 5) is 2.21. The highest BCUT2D eigenvalue weighted by atomic mass is 32.2. The molecule has 0 bridgehead atoms. The van der Waals surface area contributed by atoms with Crippen LogP contribution < -0.4 is 0 Å². The second kappa shape index (κ2) is 4.80. The molecule has 0 radical (unpaired) electrons. The Balaban J connectivity index is 1.81. The zero-order chi connectivity index (χ0) is 10.7. The molecule has 2 rings (SSSR count). The molecule has 0 amide bonds. The molecule has 2 heterocycles. The van der Waals surface area contributed by atoms with Crippen molar-refractivity contribution in [3.8, 4) is 0 Å². The normalized spacial score (nSPS) is 25.1. The molecule has 2 fully saturated rings. The quantitative estimate of drug-likeness (QED) is 0.709. The summed E-state index contributed by atoms with van der Waals surface area (Å²) in [6.07, 6.45) is 4.47. The van der Waals surface area contributed by atoms with E-state index in [1.54, 1.807) is 4.31 Å². The standard InChI is InChI=1S/C10H20N2O2S/c13-15(14,10-9-11-5-4-6-11)12-7-2-1-3-8-12/h1-10H2. The fourth-order valence-corrected chi connectivity index (χ4v) is 3.68. The number of hydrogen-bond donors (Lipinski definition) is 0. The molecule has 0 saturated carbocycles. The molecule has 0 aliphatic carbocycles. The SMILES string of the molecule is O=S(=O)(CCN1CCC1)N1CCCCC1. The molecular formula is C10H20N2O2S. The van der Waals surface area contributed by atoms with Gasteiger partial charge in [-0.3, -0.25) is 0 Å². The average Bonchev–Trinajstić information content (AvgIpc) is 2.16. The van der Waals surface area contributed by atoms with E-state index in [0.29, 0.717) is 5.75 Å². The molecule has 0 aromatic carbocycles. The summed E-state index contributed by atoms with van der Waals surface area (Å²) in [6, 6.07) is 0. The third kappa shape index (κ3) is 2.92. The van der Waals surface area contributed by atoms with Crippen LogP contribution in [0.25, 0.3) is 0 Å². The lowest BCUT2D eigenvalue weighted by Crippen LogP contribution is -2.44. The van der Waals surface area contributed by atoms with Gasteiger partial charge in [0.2, 0.25) is 10.0 Å². The van der Waals surface area contributed by atoms with Crippen LogP contribution in [0.4, 0.5) is 0 Å². The molecule has 88 valence electrons. The van der Waals surface area contributed by atoms with E-state index < -0.39 is 10.0 Å².